The first kappa shape index (κ1) is 11.9. The van der Waals surface area contributed by atoms with Gasteiger partial charge in [0.2, 0.25) is 0 Å². The molecule has 0 aromatic rings. The summed E-state index contributed by atoms with van der Waals surface area (Å²) in [7, 11) is 0. The van der Waals surface area contributed by atoms with E-state index in [4.69, 9.17) is 10.2 Å². The molecule has 1 aliphatic rings. The fourth-order valence-corrected chi connectivity index (χ4v) is 1.97. The van der Waals surface area contributed by atoms with Crippen LogP contribution >= 0.6 is 0 Å². The topological polar surface area (TPSA) is 72.7 Å². The van der Waals surface area contributed by atoms with E-state index in [0.717, 1.165) is 32.2 Å². The second-order valence-corrected chi connectivity index (χ2v) is 4.18. The van der Waals surface area contributed by atoms with E-state index in [-0.39, 0.29) is 12.7 Å². The highest BCUT2D eigenvalue weighted by Crippen LogP contribution is 2.23. The first-order chi connectivity index (χ1) is 6.72. The van der Waals surface area contributed by atoms with Crippen molar-refractivity contribution in [3.8, 4) is 0 Å². The number of nitrogens with one attached hydrogen (secondary N) is 1. The van der Waals surface area contributed by atoms with Crippen LogP contribution in [-0.4, -0.2) is 47.2 Å². The van der Waals surface area contributed by atoms with E-state index in [1.54, 1.807) is 0 Å². The third kappa shape index (κ3) is 4.37. The number of hydrogen-bond acceptors (Lipinski definition) is 4. The van der Waals surface area contributed by atoms with Crippen LogP contribution in [0.1, 0.15) is 25.7 Å². The summed E-state index contributed by atoms with van der Waals surface area (Å²) in [6.07, 6.45) is 3.23. The van der Waals surface area contributed by atoms with E-state index in [1.165, 1.54) is 0 Å². The van der Waals surface area contributed by atoms with Crippen molar-refractivity contribution in [3.63, 3.8) is 0 Å². The summed E-state index contributed by atoms with van der Waals surface area (Å²) in [6.45, 7) is 1.07. The molecule has 0 saturated heterocycles. The first-order valence-electron chi connectivity index (χ1n) is 5.40. The summed E-state index contributed by atoms with van der Waals surface area (Å²) in [4.78, 5) is 0. The lowest BCUT2D eigenvalue weighted by atomic mass is 9.87. The summed E-state index contributed by atoms with van der Waals surface area (Å²) >= 11 is 0. The Morgan fingerprint density at radius 2 is 2.14 bits per heavy atom. The van der Waals surface area contributed by atoms with Crippen LogP contribution in [0.15, 0.2) is 0 Å². The molecule has 1 rings (SSSR count). The van der Waals surface area contributed by atoms with Crippen molar-refractivity contribution < 1.29 is 15.3 Å². The number of aliphatic hydroxyl groups excluding tert-OH is 3. The Hall–Kier alpha value is -0.160. The van der Waals surface area contributed by atoms with Crippen molar-refractivity contribution in [2.75, 3.05) is 19.7 Å². The van der Waals surface area contributed by atoms with Gasteiger partial charge in [-0.3, -0.25) is 0 Å². The van der Waals surface area contributed by atoms with Gasteiger partial charge in [0.25, 0.3) is 0 Å². The summed E-state index contributed by atoms with van der Waals surface area (Å²) < 4.78 is 0. The molecule has 4 nitrogen and oxygen atoms in total. The van der Waals surface area contributed by atoms with Crippen LogP contribution in [0.2, 0.25) is 0 Å². The molecule has 0 aromatic heterocycles. The van der Waals surface area contributed by atoms with Crippen LogP contribution in [0.5, 0.6) is 0 Å². The van der Waals surface area contributed by atoms with Gasteiger partial charge < -0.3 is 20.6 Å². The molecule has 0 aliphatic heterocycles. The minimum absolute atomic E-state index is 0.140. The smallest absolute Gasteiger partial charge is 0.0894 e. The minimum atomic E-state index is -0.663. The molecule has 84 valence electrons. The van der Waals surface area contributed by atoms with Crippen molar-refractivity contribution in [2.45, 2.75) is 37.9 Å². The number of rotatable bonds is 5. The summed E-state index contributed by atoms with van der Waals surface area (Å²) in [5.74, 6) is 0.518. The fraction of sp³-hybridized carbons (Fsp3) is 1.00. The Kier molecular flexibility index (Phi) is 5.40. The lowest BCUT2D eigenvalue weighted by Gasteiger charge is -2.26. The molecular weight excluding hydrogens is 182 g/mol. The van der Waals surface area contributed by atoms with E-state index >= 15 is 0 Å². The SMILES string of the molecule is OC[C@@H](O)CNCC1CCCC(O)C1. The number of hydrogen-bond donors (Lipinski definition) is 4. The standard InChI is InChI=1S/C10H21NO3/c12-7-10(14)6-11-5-8-2-1-3-9(13)4-8/h8-14H,1-7H2/t8?,9?,10-/m0/s1. The first-order valence-corrected chi connectivity index (χ1v) is 5.40. The Balaban J connectivity index is 2.05. The van der Waals surface area contributed by atoms with Gasteiger partial charge in [0.1, 0.15) is 0 Å². The zero-order valence-corrected chi connectivity index (χ0v) is 8.52. The molecule has 2 unspecified atom stereocenters. The third-order valence-electron chi connectivity index (χ3n) is 2.78. The highest BCUT2D eigenvalue weighted by molar-refractivity contribution is 4.74. The third-order valence-corrected chi connectivity index (χ3v) is 2.78. The van der Waals surface area contributed by atoms with Crippen LogP contribution < -0.4 is 5.32 Å². The summed E-state index contributed by atoms with van der Waals surface area (Å²) in [5, 5.41) is 30.2. The quantitative estimate of drug-likeness (QED) is 0.485. The average molecular weight is 203 g/mol. The fourth-order valence-electron chi connectivity index (χ4n) is 1.97. The predicted molar refractivity (Wildman–Crippen MR) is 53.9 cm³/mol. The molecule has 0 bridgehead atoms. The molecule has 3 atom stereocenters. The largest absolute Gasteiger partial charge is 0.394 e. The summed E-state index contributed by atoms with van der Waals surface area (Å²) in [5.41, 5.74) is 0. The van der Waals surface area contributed by atoms with Gasteiger partial charge in [0.05, 0.1) is 18.8 Å². The molecule has 0 heterocycles. The minimum Gasteiger partial charge on any atom is -0.394 e. The number of aliphatic hydroxyl groups is 3. The lowest BCUT2D eigenvalue weighted by molar-refractivity contribution is 0.0845. The van der Waals surface area contributed by atoms with Gasteiger partial charge in [-0.25, -0.2) is 0 Å². The van der Waals surface area contributed by atoms with Crippen molar-refractivity contribution >= 4 is 0 Å². The van der Waals surface area contributed by atoms with Gasteiger partial charge in [-0.05, 0) is 31.7 Å². The Labute approximate surface area is 85.0 Å². The molecule has 1 saturated carbocycles. The molecule has 0 radical (unpaired) electrons. The second kappa shape index (κ2) is 6.35. The van der Waals surface area contributed by atoms with Gasteiger partial charge >= 0.3 is 0 Å². The normalized spacial score (nSPS) is 30.2. The van der Waals surface area contributed by atoms with E-state index < -0.39 is 6.10 Å². The second-order valence-electron chi connectivity index (χ2n) is 4.18. The van der Waals surface area contributed by atoms with Gasteiger partial charge in [-0.15, -0.1) is 0 Å². The molecule has 0 spiro atoms. The Morgan fingerprint density at radius 1 is 1.36 bits per heavy atom. The van der Waals surface area contributed by atoms with E-state index in [9.17, 15) is 5.11 Å². The van der Waals surface area contributed by atoms with Gasteiger partial charge in [0.15, 0.2) is 0 Å². The highest BCUT2D eigenvalue weighted by atomic mass is 16.3. The van der Waals surface area contributed by atoms with Crippen LogP contribution in [0.3, 0.4) is 0 Å². The van der Waals surface area contributed by atoms with Crippen molar-refractivity contribution in [3.05, 3.63) is 0 Å². The molecule has 4 N–H and O–H groups in total. The van der Waals surface area contributed by atoms with E-state index in [0.29, 0.717) is 12.5 Å². The van der Waals surface area contributed by atoms with Crippen molar-refractivity contribution in [1.29, 1.82) is 0 Å². The van der Waals surface area contributed by atoms with Crippen LogP contribution in [0, 0.1) is 5.92 Å². The Morgan fingerprint density at radius 3 is 2.79 bits per heavy atom. The van der Waals surface area contributed by atoms with Crippen LogP contribution in [0.4, 0.5) is 0 Å². The Bertz CT molecular complexity index is 154. The zero-order valence-electron chi connectivity index (χ0n) is 8.52. The molecule has 1 fully saturated rings. The molecule has 1 aliphatic carbocycles. The maximum atomic E-state index is 9.42. The van der Waals surface area contributed by atoms with Crippen LogP contribution in [0.25, 0.3) is 0 Å². The van der Waals surface area contributed by atoms with E-state index in [2.05, 4.69) is 5.32 Å². The zero-order chi connectivity index (χ0) is 10.4. The van der Waals surface area contributed by atoms with Crippen LogP contribution in [-0.2, 0) is 0 Å². The van der Waals surface area contributed by atoms with Gasteiger partial charge in [-0.1, -0.05) is 6.42 Å². The van der Waals surface area contributed by atoms with Crippen molar-refractivity contribution in [2.24, 2.45) is 5.92 Å². The highest BCUT2D eigenvalue weighted by Gasteiger charge is 2.19. The lowest BCUT2D eigenvalue weighted by Crippen LogP contribution is -2.35. The molecule has 14 heavy (non-hydrogen) atoms. The van der Waals surface area contributed by atoms with E-state index in [1.807, 2.05) is 0 Å². The van der Waals surface area contributed by atoms with Crippen molar-refractivity contribution in [1.82, 2.24) is 5.32 Å². The maximum Gasteiger partial charge on any atom is 0.0894 e. The molecule has 4 heteroatoms. The van der Waals surface area contributed by atoms with Gasteiger partial charge in [0, 0.05) is 6.54 Å². The monoisotopic (exact) mass is 203 g/mol. The predicted octanol–water partition coefficient (Wildman–Crippen LogP) is -0.520. The maximum absolute atomic E-state index is 9.42. The molecule has 0 aromatic carbocycles. The summed E-state index contributed by atoms with van der Waals surface area (Å²) in [6, 6.07) is 0. The van der Waals surface area contributed by atoms with Gasteiger partial charge in [-0.2, -0.15) is 0 Å². The molecule has 0 amide bonds. The average Bonchev–Trinajstić information content (AvgIpc) is 2.17. The molecular formula is C10H21NO3.